The van der Waals surface area contributed by atoms with Gasteiger partial charge in [0.1, 0.15) is 0 Å². The molecule has 0 aromatic heterocycles. The van der Waals surface area contributed by atoms with E-state index in [1.165, 1.54) is 24.3 Å². The Hall–Kier alpha value is -1.36. The van der Waals surface area contributed by atoms with Gasteiger partial charge in [0.25, 0.3) is 10.0 Å². The molecule has 0 bridgehead atoms. The molecule has 0 aliphatic carbocycles. The second kappa shape index (κ2) is 6.39. The van der Waals surface area contributed by atoms with Gasteiger partial charge in [-0.2, -0.15) is 8.42 Å². The lowest BCUT2D eigenvalue weighted by atomic mass is 10.3. The van der Waals surface area contributed by atoms with Gasteiger partial charge in [0.05, 0.1) is 10.6 Å². The van der Waals surface area contributed by atoms with Crippen LogP contribution in [0, 0.1) is 8.78 Å². The van der Waals surface area contributed by atoms with Crippen LogP contribution in [0.15, 0.2) is 62.0 Å². The summed E-state index contributed by atoms with van der Waals surface area (Å²) in [6, 6.07) is 14.1. The first-order chi connectivity index (χ1) is 9.49. The second-order valence-corrected chi connectivity index (χ2v) is 8.16. The first-order valence-electron chi connectivity index (χ1n) is 5.42. The van der Waals surface area contributed by atoms with Crippen molar-refractivity contribution in [1.82, 2.24) is 0 Å². The number of hydrogen-bond donors (Lipinski definition) is 1. The largest absolute Gasteiger partial charge is 0.733 e. The fourth-order valence-corrected chi connectivity index (χ4v) is 4.95. The van der Waals surface area contributed by atoms with Crippen molar-refractivity contribution in [2.75, 3.05) is 5.23 Å². The summed E-state index contributed by atoms with van der Waals surface area (Å²) < 4.78 is 28.7. The van der Waals surface area contributed by atoms with E-state index < -0.39 is 31.1 Å². The summed E-state index contributed by atoms with van der Waals surface area (Å²) in [5, 5.41) is 19.0. The lowest BCUT2D eigenvalue weighted by Gasteiger charge is -2.21. The van der Waals surface area contributed by atoms with E-state index in [4.69, 9.17) is 5.21 Å². The molecule has 1 N–H and O–H groups in total. The van der Waals surface area contributed by atoms with E-state index in [0.29, 0.717) is 0 Å². The van der Waals surface area contributed by atoms with Crippen LogP contribution in [-0.4, -0.2) is 13.6 Å². The van der Waals surface area contributed by atoms with E-state index >= 15 is 0 Å². The fraction of sp³-hybridized carbons (Fsp3) is 0. The van der Waals surface area contributed by atoms with Gasteiger partial charge in [-0.3, -0.25) is 5.21 Å². The van der Waals surface area contributed by atoms with Crippen LogP contribution in [0.1, 0.15) is 0 Å². The van der Waals surface area contributed by atoms with Crippen molar-refractivity contribution < 1.29 is 13.6 Å². The Bertz CT molecular complexity index is 700. The average molecular weight is 405 g/mol. The topological polar surface area (TPSA) is 93.0 Å². The molecule has 8 heteroatoms. The van der Waals surface area contributed by atoms with Gasteiger partial charge in [0.15, 0.2) is 0 Å². The monoisotopic (exact) mass is 405 g/mol. The Kier molecular flexibility index (Phi) is 4.81. The van der Waals surface area contributed by atoms with Crippen molar-refractivity contribution >= 4 is 36.7 Å². The van der Waals surface area contributed by atoms with Crippen LogP contribution in [0.5, 0.6) is 0 Å². The lowest BCUT2D eigenvalue weighted by Crippen LogP contribution is -2.07. The molecule has 0 unspecified atom stereocenters. The highest BCUT2D eigenvalue weighted by Crippen LogP contribution is 2.22. The first-order valence-corrected chi connectivity index (χ1v) is 8.90. The van der Waals surface area contributed by atoms with Crippen LogP contribution in [0.25, 0.3) is 0 Å². The highest BCUT2D eigenvalue weighted by molar-refractivity contribution is 14.2. The van der Waals surface area contributed by atoms with E-state index in [1.54, 1.807) is 0 Å². The molecular formula is C12H10IN2O4S-. The summed E-state index contributed by atoms with van der Waals surface area (Å²) in [4.78, 5) is -0.00117. The Morgan fingerprint density at radius 3 is 2.20 bits per heavy atom. The molecule has 0 fully saturated rings. The minimum absolute atomic E-state index is 0.00117. The van der Waals surface area contributed by atoms with Crippen molar-refractivity contribution in [3.63, 3.8) is 0 Å². The molecule has 0 saturated heterocycles. The predicted octanol–water partition coefficient (Wildman–Crippen LogP) is 3.09. The summed E-state index contributed by atoms with van der Waals surface area (Å²) in [7, 11) is -3.73. The van der Waals surface area contributed by atoms with Gasteiger partial charge in [-0.05, 0) is 36.4 Å². The summed E-state index contributed by atoms with van der Waals surface area (Å²) in [6.45, 7) is 0. The summed E-state index contributed by atoms with van der Waals surface area (Å²) >= 11 is -0.994. The number of sulfonamides is 1. The molecule has 0 aliphatic heterocycles. The van der Waals surface area contributed by atoms with Crippen LogP contribution in [-0.2, 0) is 10.0 Å². The molecule has 2 rings (SSSR count). The Morgan fingerprint density at radius 1 is 1.05 bits per heavy atom. The Labute approximate surface area is 126 Å². The molecule has 0 atom stereocenters. The molecule has 20 heavy (non-hydrogen) atoms. The third-order valence-corrected chi connectivity index (χ3v) is 6.85. The second-order valence-electron chi connectivity index (χ2n) is 3.69. The van der Waals surface area contributed by atoms with E-state index in [2.05, 4.69) is 2.55 Å². The van der Waals surface area contributed by atoms with Crippen LogP contribution in [0.2, 0.25) is 0 Å². The molecular weight excluding hydrogens is 395 g/mol. The van der Waals surface area contributed by atoms with Gasteiger partial charge in [-0.25, -0.2) is 0 Å². The number of anilines is 1. The molecule has 0 saturated carbocycles. The van der Waals surface area contributed by atoms with Crippen molar-refractivity contribution in [2.45, 2.75) is 4.90 Å². The Morgan fingerprint density at radius 2 is 1.65 bits per heavy atom. The van der Waals surface area contributed by atoms with Gasteiger partial charge < -0.3 is 10.4 Å². The fourth-order valence-electron chi connectivity index (χ4n) is 1.34. The van der Waals surface area contributed by atoms with Crippen molar-refractivity contribution in [3.8, 4) is 0 Å². The minimum Gasteiger partial charge on any atom is -0.733 e. The lowest BCUT2D eigenvalue weighted by molar-refractivity contribution is 0.296. The minimum atomic E-state index is -3.73. The van der Waals surface area contributed by atoms with Gasteiger partial charge in [0, 0.05) is 24.6 Å². The van der Waals surface area contributed by atoms with Crippen molar-refractivity contribution in [1.29, 1.82) is 0 Å². The molecule has 0 amide bonds. The molecule has 0 spiro atoms. The van der Waals surface area contributed by atoms with Crippen molar-refractivity contribution in [3.05, 3.63) is 63.4 Å². The summed E-state index contributed by atoms with van der Waals surface area (Å²) in [5.74, 6) is 0. The predicted molar refractivity (Wildman–Crippen MR) is 82.8 cm³/mol. The maximum atomic E-state index is 12.0. The first kappa shape index (κ1) is 15.0. The van der Waals surface area contributed by atoms with Crippen LogP contribution < -0.4 is 5.23 Å². The van der Waals surface area contributed by atoms with E-state index in [-0.39, 0.29) is 15.8 Å². The van der Waals surface area contributed by atoms with Crippen LogP contribution in [0.3, 0.4) is 0 Å². The third kappa shape index (κ3) is 3.82. The number of rotatable bonds is 4. The zero-order valence-electron chi connectivity index (χ0n) is 10.0. The van der Waals surface area contributed by atoms with Gasteiger partial charge in [-0.1, -0.05) is 18.2 Å². The normalized spacial score (nSPS) is 12.1. The van der Waals surface area contributed by atoms with Gasteiger partial charge in [-0.15, -0.1) is 2.55 Å². The molecule has 106 valence electrons. The van der Waals surface area contributed by atoms with Gasteiger partial charge >= 0.3 is 0 Å². The highest BCUT2D eigenvalue weighted by atomic mass is 127. The molecule has 0 heterocycles. The zero-order chi connectivity index (χ0) is 14.6. The SMILES string of the molecule is O=S(=O)(N=Ic1ccccc1)c1ccc(N([O-])O)cc1. The molecule has 2 aromatic rings. The molecule has 0 aliphatic rings. The third-order valence-electron chi connectivity index (χ3n) is 2.31. The smallest absolute Gasteiger partial charge is 0.286 e. The molecule has 2 aromatic carbocycles. The average Bonchev–Trinajstić information content (AvgIpc) is 2.46. The standard InChI is InChI=1S/C12H10IN2O4S/c16-15(17)11-6-8-12(9-7-11)20(18,19)14-13-10-4-2-1-3-5-10/h1-9,16H/q-1. The maximum absolute atomic E-state index is 12.0. The Balaban J connectivity index is 2.24. The zero-order valence-corrected chi connectivity index (χ0v) is 13.0. The van der Waals surface area contributed by atoms with Gasteiger partial charge in [0.2, 0.25) is 0 Å². The maximum Gasteiger partial charge on any atom is 0.286 e. The molecule has 0 radical (unpaired) electrons. The number of benzene rings is 2. The van der Waals surface area contributed by atoms with E-state index in [9.17, 15) is 13.6 Å². The van der Waals surface area contributed by atoms with Crippen LogP contribution >= 0.6 is 21.0 Å². The summed E-state index contributed by atoms with van der Waals surface area (Å²) in [6.07, 6.45) is 0. The summed E-state index contributed by atoms with van der Waals surface area (Å²) in [5.41, 5.74) is -0.0401. The number of halogens is 1. The van der Waals surface area contributed by atoms with E-state index in [0.717, 1.165) is 3.57 Å². The molecule has 6 nitrogen and oxygen atoms in total. The highest BCUT2D eigenvalue weighted by Gasteiger charge is 2.11. The van der Waals surface area contributed by atoms with Crippen LogP contribution in [0.4, 0.5) is 5.69 Å². The number of nitrogens with zero attached hydrogens (tertiary/aromatic N) is 2. The quantitative estimate of drug-likeness (QED) is 0.624. The van der Waals surface area contributed by atoms with Crippen molar-refractivity contribution in [2.24, 2.45) is 2.55 Å². The van der Waals surface area contributed by atoms with E-state index in [1.807, 2.05) is 30.3 Å². The number of hydrogen-bond acceptors (Lipinski definition) is 5.